The number of rotatable bonds is 8. The molecule has 0 unspecified atom stereocenters. The average Bonchev–Trinajstić information content (AvgIpc) is 3.21. The SMILES string of the molecule is C=CC1=C(/C=C/Nc2ncc3c(Nc4c(C)cccc4C)nn(C)c3n2)CN(CC2CCNCC2)CC1. The number of aryl methyl sites for hydroxylation is 3. The normalized spacial score (nSPS) is 17.6. The van der Waals surface area contributed by atoms with Crippen LogP contribution in [0.2, 0.25) is 0 Å². The van der Waals surface area contributed by atoms with Crippen molar-refractivity contribution in [3.8, 4) is 0 Å². The minimum Gasteiger partial charge on any atom is -0.338 e. The lowest BCUT2D eigenvalue weighted by Crippen LogP contribution is -2.39. The highest BCUT2D eigenvalue weighted by Gasteiger charge is 2.21. The fourth-order valence-electron chi connectivity index (χ4n) is 5.39. The van der Waals surface area contributed by atoms with E-state index in [9.17, 15) is 0 Å². The molecule has 2 aliphatic rings. The zero-order valence-electron chi connectivity index (χ0n) is 22.2. The van der Waals surface area contributed by atoms with Gasteiger partial charge in [0, 0.05) is 44.8 Å². The van der Waals surface area contributed by atoms with Crippen molar-refractivity contribution in [2.24, 2.45) is 13.0 Å². The van der Waals surface area contributed by atoms with E-state index < -0.39 is 0 Å². The second kappa shape index (κ2) is 11.3. The Morgan fingerprint density at radius 2 is 1.95 bits per heavy atom. The first-order chi connectivity index (χ1) is 18.0. The van der Waals surface area contributed by atoms with Gasteiger partial charge in [-0.25, -0.2) is 9.67 Å². The third-order valence-electron chi connectivity index (χ3n) is 7.53. The Morgan fingerprint density at radius 1 is 1.16 bits per heavy atom. The summed E-state index contributed by atoms with van der Waals surface area (Å²) in [6.07, 6.45) is 11.5. The molecule has 8 nitrogen and oxygen atoms in total. The molecule has 1 saturated heterocycles. The van der Waals surface area contributed by atoms with E-state index in [0.717, 1.165) is 61.1 Å². The van der Waals surface area contributed by atoms with Crippen molar-refractivity contribution < 1.29 is 0 Å². The summed E-state index contributed by atoms with van der Waals surface area (Å²) in [6.45, 7) is 13.8. The molecule has 0 atom stereocenters. The molecular weight excluding hydrogens is 460 g/mol. The Hall–Kier alpha value is -3.49. The molecule has 3 N–H and O–H groups in total. The molecule has 1 fully saturated rings. The zero-order chi connectivity index (χ0) is 25.8. The molecule has 194 valence electrons. The van der Waals surface area contributed by atoms with Crippen LogP contribution in [0.5, 0.6) is 0 Å². The predicted molar refractivity (Wildman–Crippen MR) is 152 cm³/mol. The molecule has 37 heavy (non-hydrogen) atoms. The van der Waals surface area contributed by atoms with E-state index in [0.29, 0.717) is 5.95 Å². The number of piperidine rings is 1. The molecule has 5 rings (SSSR count). The number of benzene rings is 1. The molecule has 2 aromatic heterocycles. The Kier molecular flexibility index (Phi) is 7.67. The fourth-order valence-corrected chi connectivity index (χ4v) is 5.39. The van der Waals surface area contributed by atoms with Crippen molar-refractivity contribution in [3.63, 3.8) is 0 Å². The van der Waals surface area contributed by atoms with Gasteiger partial charge in [0.1, 0.15) is 0 Å². The first-order valence-electron chi connectivity index (χ1n) is 13.3. The Morgan fingerprint density at radius 3 is 2.70 bits per heavy atom. The Bertz CT molecular complexity index is 1310. The van der Waals surface area contributed by atoms with E-state index in [2.05, 4.69) is 75.6 Å². The molecule has 0 bridgehead atoms. The first kappa shape index (κ1) is 25.2. The number of fused-ring (bicyclic) bond motifs is 1. The minimum absolute atomic E-state index is 0.550. The molecule has 0 spiro atoms. The van der Waals surface area contributed by atoms with Crippen LogP contribution in [0.15, 0.2) is 60.5 Å². The largest absolute Gasteiger partial charge is 0.338 e. The van der Waals surface area contributed by atoms with Crippen LogP contribution in [0.1, 0.15) is 30.4 Å². The number of para-hydroxylation sites is 1. The van der Waals surface area contributed by atoms with Gasteiger partial charge in [0.15, 0.2) is 11.5 Å². The molecular formula is C29H38N8. The smallest absolute Gasteiger partial charge is 0.228 e. The van der Waals surface area contributed by atoms with Gasteiger partial charge in [0.05, 0.1) is 5.39 Å². The van der Waals surface area contributed by atoms with Gasteiger partial charge in [-0.2, -0.15) is 10.1 Å². The predicted octanol–water partition coefficient (Wildman–Crippen LogP) is 4.84. The van der Waals surface area contributed by atoms with Crippen LogP contribution < -0.4 is 16.0 Å². The summed E-state index contributed by atoms with van der Waals surface area (Å²) in [6, 6.07) is 6.25. The summed E-state index contributed by atoms with van der Waals surface area (Å²) < 4.78 is 1.79. The molecule has 4 heterocycles. The van der Waals surface area contributed by atoms with Crippen LogP contribution in [0.3, 0.4) is 0 Å². The van der Waals surface area contributed by atoms with Gasteiger partial charge in [-0.1, -0.05) is 30.9 Å². The lowest BCUT2D eigenvalue weighted by molar-refractivity contribution is 0.215. The van der Waals surface area contributed by atoms with E-state index >= 15 is 0 Å². The number of nitrogens with zero attached hydrogens (tertiary/aromatic N) is 5. The summed E-state index contributed by atoms with van der Waals surface area (Å²) in [7, 11) is 1.91. The standard InChI is InChI=1S/C29H38N8/c1-5-23-12-16-37(18-22-9-13-30-14-10-22)19-24(23)11-15-31-29-32-17-25-27(35-36(4)28(25)34-29)33-26-20(2)7-6-8-21(26)3/h5-8,11,15,17,22,30H,1,9-10,12-14,16,18-19H2,2-4H3,(H,33,35)(H,31,32,34)/b15-11+. The highest BCUT2D eigenvalue weighted by molar-refractivity contribution is 5.90. The molecule has 3 aromatic rings. The summed E-state index contributed by atoms with van der Waals surface area (Å²) in [5.74, 6) is 2.10. The molecule has 0 saturated carbocycles. The quantitative estimate of drug-likeness (QED) is 0.410. The Balaban J connectivity index is 1.28. The van der Waals surface area contributed by atoms with Crippen molar-refractivity contribution in [1.29, 1.82) is 0 Å². The summed E-state index contributed by atoms with van der Waals surface area (Å²) in [5.41, 5.74) is 6.83. The number of allylic oxidation sites excluding steroid dienone is 1. The highest BCUT2D eigenvalue weighted by Crippen LogP contribution is 2.28. The van der Waals surface area contributed by atoms with Crippen LogP contribution in [0.25, 0.3) is 11.0 Å². The molecule has 0 aliphatic carbocycles. The lowest BCUT2D eigenvalue weighted by Gasteiger charge is -2.33. The van der Waals surface area contributed by atoms with Gasteiger partial charge < -0.3 is 16.0 Å². The fraction of sp³-hybridized carbons (Fsp3) is 0.414. The molecule has 0 amide bonds. The molecule has 1 aromatic carbocycles. The highest BCUT2D eigenvalue weighted by atomic mass is 15.3. The lowest BCUT2D eigenvalue weighted by atomic mass is 9.94. The van der Waals surface area contributed by atoms with Crippen LogP contribution in [0, 0.1) is 19.8 Å². The number of hydrogen-bond acceptors (Lipinski definition) is 7. The van der Waals surface area contributed by atoms with Crippen LogP contribution >= 0.6 is 0 Å². The van der Waals surface area contributed by atoms with Crippen LogP contribution in [-0.2, 0) is 7.05 Å². The van der Waals surface area contributed by atoms with Crippen molar-refractivity contribution in [2.75, 3.05) is 43.4 Å². The topological polar surface area (TPSA) is 82.9 Å². The van der Waals surface area contributed by atoms with E-state index in [-0.39, 0.29) is 0 Å². The van der Waals surface area contributed by atoms with Gasteiger partial charge >= 0.3 is 0 Å². The number of nitrogens with one attached hydrogen (secondary N) is 3. The van der Waals surface area contributed by atoms with Gasteiger partial charge in [-0.3, -0.25) is 4.90 Å². The van der Waals surface area contributed by atoms with E-state index in [1.165, 1.54) is 41.7 Å². The van der Waals surface area contributed by atoms with Gasteiger partial charge in [-0.05, 0) is 80.5 Å². The maximum Gasteiger partial charge on any atom is 0.228 e. The summed E-state index contributed by atoms with van der Waals surface area (Å²) in [5, 5.41) is 15.8. The van der Waals surface area contributed by atoms with E-state index in [4.69, 9.17) is 4.98 Å². The second-order valence-corrected chi connectivity index (χ2v) is 10.2. The maximum atomic E-state index is 4.73. The zero-order valence-corrected chi connectivity index (χ0v) is 22.2. The van der Waals surface area contributed by atoms with Crippen molar-refractivity contribution in [1.82, 2.24) is 30.0 Å². The van der Waals surface area contributed by atoms with Crippen LogP contribution in [0.4, 0.5) is 17.5 Å². The van der Waals surface area contributed by atoms with Gasteiger partial charge in [0.2, 0.25) is 5.95 Å². The minimum atomic E-state index is 0.550. The number of hydrogen-bond donors (Lipinski definition) is 3. The number of anilines is 3. The van der Waals surface area contributed by atoms with Gasteiger partial charge in [0.25, 0.3) is 0 Å². The van der Waals surface area contributed by atoms with Crippen LogP contribution in [-0.4, -0.2) is 57.4 Å². The molecule has 2 aliphatic heterocycles. The second-order valence-electron chi connectivity index (χ2n) is 10.2. The third kappa shape index (κ3) is 5.76. The summed E-state index contributed by atoms with van der Waals surface area (Å²) >= 11 is 0. The van der Waals surface area contributed by atoms with Crippen molar-refractivity contribution >= 4 is 28.5 Å². The molecule has 8 heteroatoms. The van der Waals surface area contributed by atoms with Gasteiger partial charge in [-0.15, -0.1) is 0 Å². The summed E-state index contributed by atoms with van der Waals surface area (Å²) in [4.78, 5) is 11.9. The van der Waals surface area contributed by atoms with E-state index in [1.807, 2.05) is 25.5 Å². The monoisotopic (exact) mass is 498 g/mol. The Labute approximate surface area is 219 Å². The first-order valence-corrected chi connectivity index (χ1v) is 13.3. The average molecular weight is 499 g/mol. The van der Waals surface area contributed by atoms with E-state index in [1.54, 1.807) is 4.68 Å². The maximum absolute atomic E-state index is 4.73. The van der Waals surface area contributed by atoms with Crippen molar-refractivity contribution in [2.45, 2.75) is 33.1 Å². The molecule has 0 radical (unpaired) electrons. The third-order valence-corrected chi connectivity index (χ3v) is 7.53. The van der Waals surface area contributed by atoms with Crippen molar-refractivity contribution in [3.05, 3.63) is 71.6 Å². The number of aromatic nitrogens is 4.